The number of hydrogen-bond acceptors (Lipinski definition) is 4. The standard InChI is InChI=1S/C30H24F3NO3/c31-30(32,33)22-13-12-21(27(15-22)20-7-5-6-19(14-20)17-35)16-34-29(36)37-18-28-25-10-3-1-8-23(25)24-9-2-4-11-26(24)28/h1-15,17,28-29,34,36H,16,18H2. The Labute approximate surface area is 212 Å². The van der Waals surface area contributed by atoms with Gasteiger partial charge in [0.2, 0.25) is 6.41 Å². The van der Waals surface area contributed by atoms with Gasteiger partial charge in [-0.15, -0.1) is 0 Å². The van der Waals surface area contributed by atoms with Crippen LogP contribution in [0.3, 0.4) is 0 Å². The zero-order valence-corrected chi connectivity index (χ0v) is 19.7. The molecule has 0 aliphatic heterocycles. The summed E-state index contributed by atoms with van der Waals surface area (Å²) in [7, 11) is 0. The van der Waals surface area contributed by atoms with Gasteiger partial charge in [0.15, 0.2) is 0 Å². The molecular formula is C30H24F3NO3. The van der Waals surface area contributed by atoms with Gasteiger partial charge >= 0.3 is 6.18 Å². The number of carbonyl (C=O) groups excluding carboxylic acids is 1. The summed E-state index contributed by atoms with van der Waals surface area (Å²) in [6.07, 6.45) is -5.21. The maximum absolute atomic E-state index is 13.4. The van der Waals surface area contributed by atoms with E-state index in [-0.39, 0.29) is 19.1 Å². The van der Waals surface area contributed by atoms with Crippen LogP contribution in [0.4, 0.5) is 13.2 Å². The van der Waals surface area contributed by atoms with E-state index < -0.39 is 18.2 Å². The third-order valence-corrected chi connectivity index (χ3v) is 6.62. The number of halogens is 3. The van der Waals surface area contributed by atoms with Crippen LogP contribution in [0.2, 0.25) is 0 Å². The lowest BCUT2D eigenvalue weighted by Gasteiger charge is -2.20. The summed E-state index contributed by atoms with van der Waals surface area (Å²) in [5, 5.41) is 13.4. The molecule has 0 spiro atoms. The Kier molecular flexibility index (Phi) is 6.93. The first-order valence-electron chi connectivity index (χ1n) is 11.8. The van der Waals surface area contributed by atoms with Crippen molar-refractivity contribution in [3.63, 3.8) is 0 Å². The second kappa shape index (κ2) is 10.3. The summed E-state index contributed by atoms with van der Waals surface area (Å²) in [5.41, 5.74) is 5.40. The molecule has 1 atom stereocenters. The second-order valence-electron chi connectivity index (χ2n) is 8.91. The fourth-order valence-corrected chi connectivity index (χ4v) is 4.84. The predicted molar refractivity (Wildman–Crippen MR) is 135 cm³/mol. The number of ether oxygens (including phenoxy) is 1. The number of carbonyl (C=O) groups is 1. The highest BCUT2D eigenvalue weighted by Crippen LogP contribution is 2.44. The van der Waals surface area contributed by atoms with Gasteiger partial charge in [-0.3, -0.25) is 10.1 Å². The summed E-state index contributed by atoms with van der Waals surface area (Å²) in [6.45, 7) is 0.279. The number of benzene rings is 4. The normalized spacial score (nSPS) is 13.7. The summed E-state index contributed by atoms with van der Waals surface area (Å²) >= 11 is 0. The van der Waals surface area contributed by atoms with Crippen molar-refractivity contribution >= 4 is 6.29 Å². The van der Waals surface area contributed by atoms with Gasteiger partial charge in [0, 0.05) is 18.0 Å². The van der Waals surface area contributed by atoms with Crippen molar-refractivity contribution in [3.05, 3.63) is 119 Å². The van der Waals surface area contributed by atoms with Crippen LogP contribution in [-0.2, 0) is 17.5 Å². The number of aldehydes is 1. The highest BCUT2D eigenvalue weighted by molar-refractivity contribution is 5.80. The zero-order valence-electron chi connectivity index (χ0n) is 19.7. The molecule has 0 bridgehead atoms. The van der Waals surface area contributed by atoms with Crippen molar-refractivity contribution in [2.24, 2.45) is 0 Å². The quantitative estimate of drug-likeness (QED) is 0.216. The predicted octanol–water partition coefficient (Wildman–Crippen LogP) is 6.38. The van der Waals surface area contributed by atoms with Gasteiger partial charge < -0.3 is 9.84 Å². The number of fused-ring (bicyclic) bond motifs is 3. The first-order valence-corrected chi connectivity index (χ1v) is 11.8. The van der Waals surface area contributed by atoms with E-state index in [0.29, 0.717) is 28.5 Å². The van der Waals surface area contributed by atoms with Crippen molar-refractivity contribution in [2.75, 3.05) is 6.61 Å². The molecular weight excluding hydrogens is 479 g/mol. The van der Waals surface area contributed by atoms with Crippen LogP contribution >= 0.6 is 0 Å². The molecule has 188 valence electrons. The highest BCUT2D eigenvalue weighted by atomic mass is 19.4. The molecule has 37 heavy (non-hydrogen) atoms. The minimum absolute atomic E-state index is 0.0449. The molecule has 7 heteroatoms. The molecule has 1 aliphatic carbocycles. The first-order chi connectivity index (χ1) is 17.8. The Morgan fingerprint density at radius 2 is 1.54 bits per heavy atom. The van der Waals surface area contributed by atoms with Gasteiger partial charge in [-0.05, 0) is 57.1 Å². The molecule has 0 heterocycles. The lowest BCUT2D eigenvalue weighted by molar-refractivity contribution is -0.137. The Bertz CT molecular complexity index is 1390. The number of aliphatic hydroxyl groups excluding tert-OH is 1. The van der Waals surface area contributed by atoms with Gasteiger partial charge in [-0.2, -0.15) is 13.2 Å². The molecule has 4 aromatic carbocycles. The molecule has 0 fully saturated rings. The largest absolute Gasteiger partial charge is 0.416 e. The number of nitrogens with one attached hydrogen (secondary N) is 1. The molecule has 0 saturated heterocycles. The van der Waals surface area contributed by atoms with E-state index >= 15 is 0 Å². The second-order valence-corrected chi connectivity index (χ2v) is 8.91. The molecule has 0 saturated carbocycles. The average Bonchev–Trinajstić information content (AvgIpc) is 3.23. The molecule has 0 aromatic heterocycles. The fraction of sp³-hybridized carbons (Fsp3) is 0.167. The summed E-state index contributed by atoms with van der Waals surface area (Å²) in [4.78, 5) is 11.2. The zero-order chi connectivity index (χ0) is 26.0. The number of aliphatic hydroxyl groups is 1. The van der Waals surface area contributed by atoms with Crippen LogP contribution in [0.15, 0.2) is 91.0 Å². The van der Waals surface area contributed by atoms with Crippen molar-refractivity contribution in [2.45, 2.75) is 25.1 Å². The monoisotopic (exact) mass is 503 g/mol. The molecule has 4 nitrogen and oxygen atoms in total. The third-order valence-electron chi connectivity index (χ3n) is 6.62. The third kappa shape index (κ3) is 5.20. The fourth-order valence-electron chi connectivity index (χ4n) is 4.84. The van der Waals surface area contributed by atoms with Crippen LogP contribution < -0.4 is 5.32 Å². The van der Waals surface area contributed by atoms with E-state index in [9.17, 15) is 23.1 Å². The Morgan fingerprint density at radius 3 is 2.19 bits per heavy atom. The van der Waals surface area contributed by atoms with E-state index in [4.69, 9.17) is 4.74 Å². The molecule has 5 rings (SSSR count). The first kappa shape index (κ1) is 24.9. The summed E-state index contributed by atoms with van der Waals surface area (Å²) in [5.74, 6) is -0.0449. The molecule has 0 amide bonds. The number of hydrogen-bond donors (Lipinski definition) is 2. The molecule has 0 radical (unpaired) electrons. The lowest BCUT2D eigenvalue weighted by Crippen LogP contribution is -2.32. The van der Waals surface area contributed by atoms with Crippen molar-refractivity contribution in [1.29, 1.82) is 0 Å². The summed E-state index contributed by atoms with van der Waals surface area (Å²) < 4.78 is 45.9. The highest BCUT2D eigenvalue weighted by Gasteiger charge is 2.31. The molecule has 1 unspecified atom stereocenters. The minimum atomic E-state index is -4.51. The Hall–Kier alpha value is -3.78. The van der Waals surface area contributed by atoms with Gasteiger partial charge in [0.05, 0.1) is 12.2 Å². The molecule has 2 N–H and O–H groups in total. The average molecular weight is 504 g/mol. The van der Waals surface area contributed by atoms with Gasteiger partial charge in [-0.25, -0.2) is 0 Å². The van der Waals surface area contributed by atoms with Crippen molar-refractivity contribution in [3.8, 4) is 22.3 Å². The van der Waals surface area contributed by atoms with E-state index in [0.717, 1.165) is 34.4 Å². The number of alkyl halides is 3. The SMILES string of the molecule is O=Cc1cccc(-c2cc(C(F)(F)F)ccc2CNC(O)OCC2c3ccccc3-c3ccccc32)c1. The van der Waals surface area contributed by atoms with E-state index in [1.54, 1.807) is 18.2 Å². The minimum Gasteiger partial charge on any atom is -0.356 e. The van der Waals surface area contributed by atoms with Gasteiger partial charge in [-0.1, -0.05) is 72.8 Å². The van der Waals surface area contributed by atoms with Crippen molar-refractivity contribution in [1.82, 2.24) is 5.32 Å². The molecule has 1 aliphatic rings. The van der Waals surface area contributed by atoms with Gasteiger partial charge in [0.1, 0.15) is 6.29 Å². The maximum Gasteiger partial charge on any atom is 0.416 e. The van der Waals surface area contributed by atoms with Crippen LogP contribution in [-0.4, -0.2) is 24.4 Å². The van der Waals surface area contributed by atoms with Crippen LogP contribution in [0.25, 0.3) is 22.3 Å². The lowest BCUT2D eigenvalue weighted by atomic mass is 9.96. The van der Waals surface area contributed by atoms with Crippen LogP contribution in [0.5, 0.6) is 0 Å². The van der Waals surface area contributed by atoms with Crippen LogP contribution in [0, 0.1) is 0 Å². The van der Waals surface area contributed by atoms with Crippen LogP contribution in [0.1, 0.15) is 38.5 Å². The Balaban J connectivity index is 1.32. The van der Waals surface area contributed by atoms with E-state index in [1.807, 2.05) is 36.4 Å². The number of rotatable bonds is 8. The molecule has 4 aromatic rings. The van der Waals surface area contributed by atoms with Crippen molar-refractivity contribution < 1.29 is 27.8 Å². The van der Waals surface area contributed by atoms with E-state index in [1.165, 1.54) is 12.1 Å². The van der Waals surface area contributed by atoms with E-state index in [2.05, 4.69) is 17.4 Å². The maximum atomic E-state index is 13.4. The Morgan fingerprint density at radius 1 is 0.865 bits per heavy atom. The smallest absolute Gasteiger partial charge is 0.356 e. The summed E-state index contributed by atoms with van der Waals surface area (Å²) in [6, 6.07) is 25.9. The van der Waals surface area contributed by atoms with Gasteiger partial charge in [0.25, 0.3) is 0 Å². The topological polar surface area (TPSA) is 58.6 Å².